The third-order valence-corrected chi connectivity index (χ3v) is 7.37. The van der Waals surface area contributed by atoms with E-state index in [2.05, 4.69) is 57.2 Å². The van der Waals surface area contributed by atoms with Crippen LogP contribution in [0.5, 0.6) is 0 Å². The van der Waals surface area contributed by atoms with E-state index in [0.717, 1.165) is 37.9 Å². The summed E-state index contributed by atoms with van der Waals surface area (Å²) in [5.41, 5.74) is 5.62. The fraction of sp³-hybridized carbons (Fsp3) is 0.708. The molecule has 154 valence electrons. The first kappa shape index (κ1) is 19.9. The number of nitrogens with zero attached hydrogens (tertiary/aromatic N) is 1. The molecule has 0 aromatic carbocycles. The Kier molecular flexibility index (Phi) is 5.08. The van der Waals surface area contributed by atoms with E-state index >= 15 is 0 Å². The van der Waals surface area contributed by atoms with Crippen molar-refractivity contribution in [2.24, 2.45) is 11.3 Å². The number of hydrogen-bond acceptors (Lipinski definition) is 3. The van der Waals surface area contributed by atoms with Crippen molar-refractivity contribution < 1.29 is 9.53 Å². The van der Waals surface area contributed by atoms with E-state index in [1.165, 1.54) is 24.8 Å². The first-order valence-corrected chi connectivity index (χ1v) is 11.0. The van der Waals surface area contributed by atoms with Crippen LogP contribution in [0.1, 0.15) is 59.3 Å². The van der Waals surface area contributed by atoms with E-state index in [0.29, 0.717) is 11.3 Å². The number of ether oxygens (including phenoxy) is 1. The molecule has 1 saturated carbocycles. The molecule has 4 nitrogen and oxygen atoms in total. The van der Waals surface area contributed by atoms with E-state index < -0.39 is 0 Å². The molecule has 4 aliphatic rings. The molecule has 0 aromatic heterocycles. The topological polar surface area (TPSA) is 44.9 Å². The maximum absolute atomic E-state index is 12.7. The molecule has 1 aliphatic heterocycles. The Morgan fingerprint density at radius 3 is 2.79 bits per heavy atom. The second-order valence-corrected chi connectivity index (χ2v) is 10.0. The average Bonchev–Trinajstić information content (AvgIpc) is 3.23. The number of nitrogens with one attached hydrogen (secondary N) is 1. The summed E-state index contributed by atoms with van der Waals surface area (Å²) in [5, 5.41) is 3.10. The predicted octanol–water partition coefficient (Wildman–Crippen LogP) is 3.99. The van der Waals surface area contributed by atoms with Crippen LogP contribution in [0.4, 0.5) is 0 Å². The summed E-state index contributed by atoms with van der Waals surface area (Å²) in [6, 6.07) is 0. The highest BCUT2D eigenvalue weighted by atomic mass is 16.6. The van der Waals surface area contributed by atoms with Gasteiger partial charge >= 0.3 is 0 Å². The smallest absolute Gasteiger partial charge is 0.247 e. The SMILES string of the molecule is CC(C)C1=C2C3=CC=C(C(=O)NCCCN(C)C)CC4OC34CCC2(C)CC1. The van der Waals surface area contributed by atoms with Gasteiger partial charge in [0.2, 0.25) is 5.91 Å². The predicted molar refractivity (Wildman–Crippen MR) is 113 cm³/mol. The number of allylic oxidation sites excluding steroid dienone is 3. The molecule has 1 spiro atoms. The fourth-order valence-corrected chi connectivity index (χ4v) is 5.62. The Morgan fingerprint density at radius 2 is 2.07 bits per heavy atom. The number of rotatable bonds is 6. The van der Waals surface area contributed by atoms with E-state index in [9.17, 15) is 4.79 Å². The molecule has 3 unspecified atom stereocenters. The van der Waals surface area contributed by atoms with Crippen LogP contribution >= 0.6 is 0 Å². The second-order valence-electron chi connectivity index (χ2n) is 10.0. The molecule has 0 radical (unpaired) electrons. The zero-order chi connectivity index (χ0) is 20.1. The summed E-state index contributed by atoms with van der Waals surface area (Å²) < 4.78 is 6.34. The minimum Gasteiger partial charge on any atom is -0.361 e. The average molecular weight is 385 g/mol. The quantitative estimate of drug-likeness (QED) is 0.556. The van der Waals surface area contributed by atoms with Crippen LogP contribution in [0.15, 0.2) is 34.4 Å². The fourth-order valence-electron chi connectivity index (χ4n) is 5.62. The maximum atomic E-state index is 12.7. The molecule has 0 aromatic rings. The van der Waals surface area contributed by atoms with Crippen molar-refractivity contribution in [3.8, 4) is 0 Å². The molecule has 1 amide bonds. The van der Waals surface area contributed by atoms with Crippen LogP contribution in [0.3, 0.4) is 0 Å². The monoisotopic (exact) mass is 384 g/mol. The summed E-state index contributed by atoms with van der Waals surface area (Å²) in [5.74, 6) is 0.656. The van der Waals surface area contributed by atoms with E-state index in [4.69, 9.17) is 4.74 Å². The van der Waals surface area contributed by atoms with E-state index in [1.54, 1.807) is 11.1 Å². The molecule has 3 aliphatic carbocycles. The zero-order valence-electron chi connectivity index (χ0n) is 18.2. The molecule has 4 heteroatoms. The van der Waals surface area contributed by atoms with Gasteiger partial charge < -0.3 is 15.0 Å². The van der Waals surface area contributed by atoms with Crippen molar-refractivity contribution in [1.82, 2.24) is 10.2 Å². The molecular weight excluding hydrogens is 348 g/mol. The molecule has 2 fully saturated rings. The van der Waals surface area contributed by atoms with Gasteiger partial charge in [0.15, 0.2) is 0 Å². The van der Waals surface area contributed by atoms with Crippen LogP contribution in [0, 0.1) is 11.3 Å². The number of epoxide rings is 1. The van der Waals surface area contributed by atoms with E-state index in [-0.39, 0.29) is 17.6 Å². The molecule has 4 rings (SSSR count). The number of carbonyl (C=O) groups excluding carboxylic acids is 1. The normalized spacial score (nSPS) is 33.8. The van der Waals surface area contributed by atoms with Crippen molar-refractivity contribution in [2.45, 2.75) is 71.0 Å². The Morgan fingerprint density at radius 1 is 1.29 bits per heavy atom. The number of fused-ring (bicyclic) bond motifs is 2. The van der Waals surface area contributed by atoms with Crippen LogP contribution in [0.2, 0.25) is 0 Å². The lowest BCUT2D eigenvalue weighted by molar-refractivity contribution is -0.117. The van der Waals surface area contributed by atoms with Crippen LogP contribution in [-0.2, 0) is 9.53 Å². The van der Waals surface area contributed by atoms with Crippen molar-refractivity contribution in [1.29, 1.82) is 0 Å². The summed E-state index contributed by atoms with van der Waals surface area (Å²) in [6.07, 6.45) is 11.0. The summed E-state index contributed by atoms with van der Waals surface area (Å²) >= 11 is 0. The zero-order valence-corrected chi connectivity index (χ0v) is 18.2. The van der Waals surface area contributed by atoms with Crippen molar-refractivity contribution >= 4 is 5.91 Å². The van der Waals surface area contributed by atoms with Gasteiger partial charge in [-0.3, -0.25) is 4.79 Å². The maximum Gasteiger partial charge on any atom is 0.247 e. The first-order chi connectivity index (χ1) is 13.3. The Labute approximate surface area is 170 Å². The Hall–Kier alpha value is -1.39. The first-order valence-electron chi connectivity index (χ1n) is 11.0. The molecule has 28 heavy (non-hydrogen) atoms. The van der Waals surface area contributed by atoms with Gasteiger partial charge in [-0.25, -0.2) is 0 Å². The van der Waals surface area contributed by atoms with Gasteiger partial charge in [-0.15, -0.1) is 0 Å². The lowest BCUT2D eigenvalue weighted by Gasteiger charge is -2.39. The molecule has 1 heterocycles. The second kappa shape index (κ2) is 7.14. The molecular formula is C24H36N2O2. The lowest BCUT2D eigenvalue weighted by Crippen LogP contribution is -2.34. The summed E-state index contributed by atoms with van der Waals surface area (Å²) in [4.78, 5) is 14.9. The van der Waals surface area contributed by atoms with Crippen LogP contribution in [0.25, 0.3) is 0 Å². The molecule has 1 N–H and O–H groups in total. The third kappa shape index (κ3) is 3.29. The van der Waals surface area contributed by atoms with Gasteiger partial charge in [-0.05, 0) is 75.2 Å². The van der Waals surface area contributed by atoms with Gasteiger partial charge in [-0.1, -0.05) is 38.5 Å². The number of hydrogen-bond donors (Lipinski definition) is 1. The Balaban J connectivity index is 1.57. The van der Waals surface area contributed by atoms with Gasteiger partial charge in [0, 0.05) is 18.5 Å². The number of carbonyl (C=O) groups is 1. The van der Waals surface area contributed by atoms with Gasteiger partial charge in [0.25, 0.3) is 0 Å². The lowest BCUT2D eigenvalue weighted by atomic mass is 9.64. The van der Waals surface area contributed by atoms with Gasteiger partial charge in [0.05, 0.1) is 6.10 Å². The molecule has 0 bridgehead atoms. The van der Waals surface area contributed by atoms with Crippen molar-refractivity contribution in [2.75, 3.05) is 27.2 Å². The van der Waals surface area contributed by atoms with Crippen molar-refractivity contribution in [3.63, 3.8) is 0 Å². The highest BCUT2D eigenvalue weighted by Crippen LogP contribution is 2.65. The van der Waals surface area contributed by atoms with Gasteiger partial charge in [0.1, 0.15) is 5.60 Å². The minimum atomic E-state index is -0.122. The largest absolute Gasteiger partial charge is 0.361 e. The number of amides is 1. The summed E-state index contributed by atoms with van der Waals surface area (Å²) in [7, 11) is 4.12. The molecule has 1 saturated heterocycles. The van der Waals surface area contributed by atoms with Crippen molar-refractivity contribution in [3.05, 3.63) is 34.4 Å². The highest BCUT2D eigenvalue weighted by molar-refractivity contribution is 5.94. The van der Waals surface area contributed by atoms with Crippen LogP contribution in [-0.4, -0.2) is 49.7 Å². The Bertz CT molecular complexity index is 761. The highest BCUT2D eigenvalue weighted by Gasteiger charge is 2.64. The van der Waals surface area contributed by atoms with E-state index in [1.807, 2.05) is 0 Å². The minimum absolute atomic E-state index is 0.0761. The standard InChI is InChI=1S/C24H36N2O2/c1-16(2)18-9-10-23(3)11-12-24-19(21(18)23)8-7-17(15-20(24)28-24)22(27)25-13-6-14-26(4)5/h7-8,16,20H,6,9-15H2,1-5H3,(H,25,27). The van der Waals surface area contributed by atoms with Crippen LogP contribution < -0.4 is 5.32 Å². The molecule has 3 atom stereocenters. The van der Waals surface area contributed by atoms with Gasteiger partial charge in [-0.2, -0.15) is 0 Å². The summed E-state index contributed by atoms with van der Waals surface area (Å²) in [6.45, 7) is 8.79. The third-order valence-electron chi connectivity index (χ3n) is 7.37.